The zero-order valence-electron chi connectivity index (χ0n) is 16.4. The Balaban J connectivity index is 1.33. The van der Waals surface area contributed by atoms with Gasteiger partial charge < -0.3 is 14.5 Å². The Labute approximate surface area is 169 Å². The Morgan fingerprint density at radius 1 is 1.00 bits per heavy atom. The summed E-state index contributed by atoms with van der Waals surface area (Å²) in [5, 5.41) is 12.1. The molecule has 1 amide bonds. The molecule has 0 bridgehead atoms. The second kappa shape index (κ2) is 8.72. The molecule has 1 aliphatic rings. The summed E-state index contributed by atoms with van der Waals surface area (Å²) < 4.78 is 5.48. The minimum absolute atomic E-state index is 0.250. The monoisotopic (exact) mass is 392 g/mol. The molecule has 3 aromatic rings. The van der Waals surface area contributed by atoms with Crippen LogP contribution in [0.1, 0.15) is 12.0 Å². The van der Waals surface area contributed by atoms with Crippen molar-refractivity contribution in [3.8, 4) is 11.4 Å². The number of tetrazole rings is 1. The minimum Gasteiger partial charge on any atom is -0.445 e. The van der Waals surface area contributed by atoms with Crippen LogP contribution in [-0.4, -0.2) is 57.4 Å². The van der Waals surface area contributed by atoms with E-state index in [1.54, 1.807) is 11.9 Å². The number of nitrogens with zero attached hydrogens (tertiary/aromatic N) is 6. The zero-order valence-corrected chi connectivity index (χ0v) is 16.4. The molecule has 29 heavy (non-hydrogen) atoms. The SMILES string of the molecule is Cn1nnc(-c2ccc(N3CCCN(C(=O)OCc4ccccc4)CC3)cc2)n1. The van der Waals surface area contributed by atoms with Crippen molar-refractivity contribution in [2.24, 2.45) is 7.05 Å². The summed E-state index contributed by atoms with van der Waals surface area (Å²) >= 11 is 0. The number of carbonyl (C=O) groups excluding carboxylic acids is 1. The van der Waals surface area contributed by atoms with Crippen molar-refractivity contribution < 1.29 is 9.53 Å². The highest BCUT2D eigenvalue weighted by Gasteiger charge is 2.20. The molecular weight excluding hydrogens is 368 g/mol. The minimum atomic E-state index is -0.250. The number of benzene rings is 2. The fourth-order valence-electron chi connectivity index (χ4n) is 3.39. The molecule has 0 aliphatic carbocycles. The molecule has 150 valence electrons. The van der Waals surface area contributed by atoms with Crippen molar-refractivity contribution in [3.05, 3.63) is 60.2 Å². The smallest absolute Gasteiger partial charge is 0.410 e. The molecule has 0 saturated carbocycles. The van der Waals surface area contributed by atoms with Gasteiger partial charge >= 0.3 is 6.09 Å². The number of rotatable bonds is 4. The molecule has 2 heterocycles. The lowest BCUT2D eigenvalue weighted by Gasteiger charge is -2.23. The fraction of sp³-hybridized carbons (Fsp3) is 0.333. The molecule has 2 aromatic carbocycles. The summed E-state index contributed by atoms with van der Waals surface area (Å²) in [7, 11) is 1.75. The van der Waals surface area contributed by atoms with Crippen LogP contribution in [0.25, 0.3) is 11.4 Å². The van der Waals surface area contributed by atoms with Crippen LogP contribution >= 0.6 is 0 Å². The van der Waals surface area contributed by atoms with Crippen LogP contribution in [0.2, 0.25) is 0 Å². The van der Waals surface area contributed by atoms with Crippen LogP contribution < -0.4 is 4.90 Å². The second-order valence-corrected chi connectivity index (χ2v) is 7.02. The van der Waals surface area contributed by atoms with Crippen molar-refractivity contribution >= 4 is 11.8 Å². The molecule has 0 atom stereocenters. The van der Waals surface area contributed by atoms with Crippen molar-refractivity contribution in [1.82, 2.24) is 25.1 Å². The summed E-state index contributed by atoms with van der Waals surface area (Å²) in [6.45, 7) is 3.30. The molecule has 0 radical (unpaired) electrons. The third kappa shape index (κ3) is 4.71. The number of aromatic nitrogens is 4. The zero-order chi connectivity index (χ0) is 20.1. The molecule has 8 heteroatoms. The lowest BCUT2D eigenvalue weighted by Crippen LogP contribution is -2.35. The molecule has 1 fully saturated rings. The summed E-state index contributed by atoms with van der Waals surface area (Å²) in [6.07, 6.45) is 0.647. The first-order chi connectivity index (χ1) is 14.2. The van der Waals surface area contributed by atoms with Crippen LogP contribution in [0.15, 0.2) is 54.6 Å². The number of amides is 1. The van der Waals surface area contributed by atoms with Gasteiger partial charge in [-0.25, -0.2) is 4.79 Å². The lowest BCUT2D eigenvalue weighted by atomic mass is 10.2. The Morgan fingerprint density at radius 2 is 1.79 bits per heavy atom. The first kappa shape index (κ1) is 18.9. The normalized spacial score (nSPS) is 14.5. The molecule has 1 aliphatic heterocycles. The van der Waals surface area contributed by atoms with Crippen LogP contribution in [0.4, 0.5) is 10.5 Å². The lowest BCUT2D eigenvalue weighted by molar-refractivity contribution is 0.0986. The molecule has 0 N–H and O–H groups in total. The van der Waals surface area contributed by atoms with Gasteiger partial charge in [0.2, 0.25) is 5.82 Å². The van der Waals surface area contributed by atoms with Gasteiger partial charge in [0, 0.05) is 37.4 Å². The maximum absolute atomic E-state index is 12.4. The summed E-state index contributed by atoms with van der Waals surface area (Å²) in [4.78, 5) is 18.0. The van der Waals surface area contributed by atoms with Gasteiger partial charge in [-0.15, -0.1) is 10.2 Å². The molecular formula is C21H24N6O2. The average molecular weight is 392 g/mol. The van der Waals surface area contributed by atoms with E-state index in [4.69, 9.17) is 4.74 Å². The number of hydrogen-bond acceptors (Lipinski definition) is 6. The van der Waals surface area contributed by atoms with Gasteiger partial charge in [0.05, 0.1) is 7.05 Å². The second-order valence-electron chi connectivity index (χ2n) is 7.02. The first-order valence-corrected chi connectivity index (χ1v) is 9.74. The molecule has 0 unspecified atom stereocenters. The highest BCUT2D eigenvalue weighted by Crippen LogP contribution is 2.21. The Bertz CT molecular complexity index is 941. The molecule has 8 nitrogen and oxygen atoms in total. The van der Waals surface area contributed by atoms with E-state index in [1.165, 1.54) is 4.80 Å². The topological polar surface area (TPSA) is 76.4 Å². The third-order valence-corrected chi connectivity index (χ3v) is 4.96. The highest BCUT2D eigenvalue weighted by atomic mass is 16.6. The van der Waals surface area contributed by atoms with Crippen LogP contribution in [0, 0.1) is 0 Å². The quantitative estimate of drug-likeness (QED) is 0.680. The van der Waals surface area contributed by atoms with Gasteiger partial charge in [0.1, 0.15) is 6.61 Å². The van der Waals surface area contributed by atoms with Crippen LogP contribution in [-0.2, 0) is 18.4 Å². The van der Waals surface area contributed by atoms with E-state index in [-0.39, 0.29) is 6.09 Å². The van der Waals surface area contributed by atoms with E-state index < -0.39 is 0 Å². The number of anilines is 1. The van der Waals surface area contributed by atoms with E-state index in [9.17, 15) is 4.79 Å². The van der Waals surface area contributed by atoms with E-state index in [2.05, 4.69) is 32.4 Å². The van der Waals surface area contributed by atoms with Crippen molar-refractivity contribution in [2.75, 3.05) is 31.1 Å². The summed E-state index contributed by atoms with van der Waals surface area (Å²) in [5.41, 5.74) is 3.05. The van der Waals surface area contributed by atoms with Crippen LogP contribution in [0.3, 0.4) is 0 Å². The Hall–Kier alpha value is -3.42. The predicted molar refractivity (Wildman–Crippen MR) is 109 cm³/mol. The summed E-state index contributed by atoms with van der Waals surface area (Å²) in [5.74, 6) is 0.613. The average Bonchev–Trinajstić information content (AvgIpc) is 3.05. The summed E-state index contributed by atoms with van der Waals surface area (Å²) in [6, 6.07) is 17.9. The van der Waals surface area contributed by atoms with Gasteiger partial charge in [0.15, 0.2) is 0 Å². The van der Waals surface area contributed by atoms with Gasteiger partial charge in [-0.3, -0.25) is 0 Å². The van der Waals surface area contributed by atoms with Crippen molar-refractivity contribution in [3.63, 3.8) is 0 Å². The predicted octanol–water partition coefficient (Wildman–Crippen LogP) is 2.73. The van der Waals surface area contributed by atoms with Gasteiger partial charge in [-0.05, 0) is 41.5 Å². The fourth-order valence-corrected chi connectivity index (χ4v) is 3.39. The van der Waals surface area contributed by atoms with Crippen LogP contribution in [0.5, 0.6) is 0 Å². The molecule has 1 saturated heterocycles. The van der Waals surface area contributed by atoms with Gasteiger partial charge in [-0.2, -0.15) is 4.80 Å². The third-order valence-electron chi connectivity index (χ3n) is 4.96. The number of ether oxygens (including phenoxy) is 1. The van der Waals surface area contributed by atoms with E-state index in [1.807, 2.05) is 42.5 Å². The molecule has 1 aromatic heterocycles. The standard InChI is InChI=1S/C21H24N6O2/c1-25-23-20(22-24-25)18-8-10-19(11-9-18)26-12-5-13-27(15-14-26)21(28)29-16-17-6-3-2-4-7-17/h2-4,6-11H,5,12-16H2,1H3. The maximum Gasteiger partial charge on any atom is 0.410 e. The first-order valence-electron chi connectivity index (χ1n) is 9.74. The Morgan fingerprint density at radius 3 is 2.52 bits per heavy atom. The van der Waals surface area contributed by atoms with Gasteiger partial charge in [0.25, 0.3) is 0 Å². The molecule has 4 rings (SSSR count). The number of aryl methyl sites for hydroxylation is 1. The van der Waals surface area contributed by atoms with Crippen molar-refractivity contribution in [2.45, 2.75) is 13.0 Å². The van der Waals surface area contributed by atoms with Crippen molar-refractivity contribution in [1.29, 1.82) is 0 Å². The number of hydrogen-bond donors (Lipinski definition) is 0. The molecule has 0 spiro atoms. The van der Waals surface area contributed by atoms with E-state index in [0.717, 1.165) is 36.3 Å². The maximum atomic E-state index is 12.4. The van der Waals surface area contributed by atoms with Gasteiger partial charge in [-0.1, -0.05) is 30.3 Å². The van der Waals surface area contributed by atoms with E-state index >= 15 is 0 Å². The highest BCUT2D eigenvalue weighted by molar-refractivity contribution is 5.68. The number of carbonyl (C=O) groups is 1. The Kier molecular flexibility index (Phi) is 5.69. The van der Waals surface area contributed by atoms with E-state index in [0.29, 0.717) is 25.5 Å². The largest absolute Gasteiger partial charge is 0.445 e.